The number of methoxy groups -OCH3 is 1. The average molecular weight is 220 g/mol. The van der Waals surface area contributed by atoms with Gasteiger partial charge < -0.3 is 4.74 Å². The van der Waals surface area contributed by atoms with Crippen LogP contribution in [-0.4, -0.2) is 12.9 Å². The number of hydrogen-bond acceptors (Lipinski definition) is 2. The maximum Gasteiger partial charge on any atom is 0.140 e. The maximum absolute atomic E-state index is 11.9. The Labute approximate surface area is 97.6 Å². The molecule has 0 saturated heterocycles. The van der Waals surface area contributed by atoms with Crippen molar-refractivity contribution in [1.82, 2.24) is 0 Å². The second-order valence-corrected chi connectivity index (χ2v) is 4.01. The Kier molecular flexibility index (Phi) is 5.03. The molecule has 1 rings (SSSR count). The highest BCUT2D eigenvalue weighted by Gasteiger charge is 2.14. The van der Waals surface area contributed by atoms with Crippen molar-refractivity contribution in [3.8, 4) is 5.75 Å². The van der Waals surface area contributed by atoms with Gasteiger partial charge in [0.25, 0.3) is 0 Å². The molecule has 88 valence electrons. The maximum atomic E-state index is 11.9. The second-order valence-electron chi connectivity index (χ2n) is 4.01. The van der Waals surface area contributed by atoms with Crippen LogP contribution in [0, 0.1) is 5.92 Å². The molecule has 0 amide bonds. The highest BCUT2D eigenvalue weighted by Crippen LogP contribution is 2.16. The molecule has 0 aliphatic carbocycles. The van der Waals surface area contributed by atoms with Gasteiger partial charge in [-0.05, 0) is 30.5 Å². The number of hydrogen-bond donors (Lipinski definition) is 0. The standard InChI is InChI=1S/C14H20O2/c1-4-12(5-2)14(15)10-11-7-6-8-13(9-11)16-3/h6-9,12H,4-5,10H2,1-3H3. The lowest BCUT2D eigenvalue weighted by Crippen LogP contribution is -2.15. The minimum absolute atomic E-state index is 0.200. The average Bonchev–Trinajstić information content (AvgIpc) is 2.31. The van der Waals surface area contributed by atoms with Gasteiger partial charge in [-0.2, -0.15) is 0 Å². The lowest BCUT2D eigenvalue weighted by molar-refractivity contribution is -0.122. The highest BCUT2D eigenvalue weighted by molar-refractivity contribution is 5.83. The molecule has 0 aliphatic rings. The van der Waals surface area contributed by atoms with Crippen LogP contribution >= 0.6 is 0 Å². The van der Waals surface area contributed by atoms with E-state index in [1.54, 1.807) is 7.11 Å². The van der Waals surface area contributed by atoms with Crippen LogP contribution in [-0.2, 0) is 11.2 Å². The molecule has 0 atom stereocenters. The molecular formula is C14H20O2. The predicted molar refractivity (Wildman–Crippen MR) is 65.8 cm³/mol. The Balaban J connectivity index is 2.68. The van der Waals surface area contributed by atoms with Crippen molar-refractivity contribution in [2.75, 3.05) is 7.11 Å². The zero-order valence-electron chi connectivity index (χ0n) is 10.3. The number of carbonyl (C=O) groups is 1. The fourth-order valence-electron chi connectivity index (χ4n) is 1.87. The van der Waals surface area contributed by atoms with Crippen molar-refractivity contribution in [3.63, 3.8) is 0 Å². The lowest BCUT2D eigenvalue weighted by atomic mass is 9.93. The topological polar surface area (TPSA) is 26.3 Å². The van der Waals surface area contributed by atoms with E-state index < -0.39 is 0 Å². The van der Waals surface area contributed by atoms with Crippen LogP contribution in [0.5, 0.6) is 5.75 Å². The van der Waals surface area contributed by atoms with Gasteiger partial charge in [-0.1, -0.05) is 26.0 Å². The number of Topliss-reactive ketones (excluding diaryl/α,β-unsaturated/α-hetero) is 1. The summed E-state index contributed by atoms with van der Waals surface area (Å²) in [6.07, 6.45) is 2.38. The third-order valence-electron chi connectivity index (χ3n) is 2.95. The summed E-state index contributed by atoms with van der Waals surface area (Å²) in [6.45, 7) is 4.13. The van der Waals surface area contributed by atoms with Crippen molar-refractivity contribution in [2.24, 2.45) is 5.92 Å². The molecule has 0 radical (unpaired) electrons. The van der Waals surface area contributed by atoms with E-state index in [0.717, 1.165) is 24.2 Å². The fraction of sp³-hybridized carbons (Fsp3) is 0.500. The van der Waals surface area contributed by atoms with E-state index in [1.165, 1.54) is 0 Å². The van der Waals surface area contributed by atoms with Crippen LogP contribution in [0.3, 0.4) is 0 Å². The first-order chi connectivity index (χ1) is 7.71. The summed E-state index contributed by atoms with van der Waals surface area (Å²) in [5.74, 6) is 1.35. The van der Waals surface area contributed by atoms with E-state index in [2.05, 4.69) is 13.8 Å². The predicted octanol–water partition coefficient (Wildman–Crippen LogP) is 3.24. The van der Waals surface area contributed by atoms with Crippen LogP contribution in [0.4, 0.5) is 0 Å². The van der Waals surface area contributed by atoms with Gasteiger partial charge >= 0.3 is 0 Å². The first kappa shape index (κ1) is 12.8. The molecule has 0 bridgehead atoms. The van der Waals surface area contributed by atoms with E-state index in [4.69, 9.17) is 4.74 Å². The lowest BCUT2D eigenvalue weighted by Gasteiger charge is -2.11. The second kappa shape index (κ2) is 6.31. The van der Waals surface area contributed by atoms with Gasteiger partial charge in [0.15, 0.2) is 0 Å². The van der Waals surface area contributed by atoms with Gasteiger partial charge in [0, 0.05) is 12.3 Å². The van der Waals surface area contributed by atoms with E-state index in [0.29, 0.717) is 12.2 Å². The SMILES string of the molecule is CCC(CC)C(=O)Cc1cccc(OC)c1. The first-order valence-corrected chi connectivity index (χ1v) is 5.86. The van der Waals surface area contributed by atoms with E-state index in [1.807, 2.05) is 24.3 Å². The Morgan fingerprint density at radius 3 is 2.56 bits per heavy atom. The van der Waals surface area contributed by atoms with Crippen molar-refractivity contribution in [1.29, 1.82) is 0 Å². The van der Waals surface area contributed by atoms with E-state index in [-0.39, 0.29) is 5.92 Å². The van der Waals surface area contributed by atoms with Crippen LogP contribution < -0.4 is 4.74 Å². The molecule has 1 aromatic carbocycles. The molecule has 0 saturated carbocycles. The van der Waals surface area contributed by atoms with Crippen molar-refractivity contribution in [2.45, 2.75) is 33.1 Å². The van der Waals surface area contributed by atoms with Crippen molar-refractivity contribution >= 4 is 5.78 Å². The third kappa shape index (κ3) is 3.37. The smallest absolute Gasteiger partial charge is 0.140 e. The van der Waals surface area contributed by atoms with Gasteiger partial charge in [-0.3, -0.25) is 4.79 Å². The summed E-state index contributed by atoms with van der Waals surface area (Å²) in [7, 11) is 1.64. The van der Waals surface area contributed by atoms with Gasteiger partial charge in [-0.15, -0.1) is 0 Å². The largest absolute Gasteiger partial charge is 0.497 e. The number of benzene rings is 1. The molecular weight excluding hydrogens is 200 g/mol. The van der Waals surface area contributed by atoms with Crippen molar-refractivity contribution < 1.29 is 9.53 Å². The van der Waals surface area contributed by atoms with Crippen LogP contribution in [0.1, 0.15) is 32.3 Å². The zero-order valence-corrected chi connectivity index (χ0v) is 10.3. The molecule has 0 aromatic heterocycles. The van der Waals surface area contributed by atoms with E-state index >= 15 is 0 Å². The molecule has 0 aliphatic heterocycles. The summed E-state index contributed by atoms with van der Waals surface area (Å²) in [5, 5.41) is 0. The van der Waals surface area contributed by atoms with Crippen molar-refractivity contribution in [3.05, 3.63) is 29.8 Å². The highest BCUT2D eigenvalue weighted by atomic mass is 16.5. The number of carbonyl (C=O) groups excluding carboxylic acids is 1. The van der Waals surface area contributed by atoms with Gasteiger partial charge in [-0.25, -0.2) is 0 Å². The van der Waals surface area contributed by atoms with Gasteiger partial charge in [0.2, 0.25) is 0 Å². The molecule has 2 heteroatoms. The fourth-order valence-corrected chi connectivity index (χ4v) is 1.87. The molecule has 0 N–H and O–H groups in total. The molecule has 0 unspecified atom stereocenters. The summed E-state index contributed by atoms with van der Waals surface area (Å²) in [6, 6.07) is 7.72. The minimum atomic E-state index is 0.200. The Bertz CT molecular complexity index is 340. The Morgan fingerprint density at radius 1 is 1.31 bits per heavy atom. The van der Waals surface area contributed by atoms with Gasteiger partial charge in [0.1, 0.15) is 11.5 Å². The van der Waals surface area contributed by atoms with Crippen LogP contribution in [0.25, 0.3) is 0 Å². The number of ketones is 1. The Hall–Kier alpha value is -1.31. The van der Waals surface area contributed by atoms with Crippen LogP contribution in [0.15, 0.2) is 24.3 Å². The number of ether oxygens (including phenoxy) is 1. The number of rotatable bonds is 6. The third-order valence-corrected chi connectivity index (χ3v) is 2.95. The Morgan fingerprint density at radius 2 is 2.00 bits per heavy atom. The molecule has 1 aromatic rings. The van der Waals surface area contributed by atoms with Gasteiger partial charge in [0.05, 0.1) is 7.11 Å². The summed E-state index contributed by atoms with van der Waals surface area (Å²) in [4.78, 5) is 11.9. The minimum Gasteiger partial charge on any atom is -0.497 e. The normalized spacial score (nSPS) is 10.5. The quantitative estimate of drug-likeness (QED) is 0.735. The molecule has 0 fully saturated rings. The molecule has 2 nitrogen and oxygen atoms in total. The summed E-state index contributed by atoms with van der Waals surface area (Å²) in [5.41, 5.74) is 1.04. The monoisotopic (exact) mass is 220 g/mol. The first-order valence-electron chi connectivity index (χ1n) is 5.86. The summed E-state index contributed by atoms with van der Waals surface area (Å²) < 4.78 is 5.14. The van der Waals surface area contributed by atoms with E-state index in [9.17, 15) is 4.79 Å². The van der Waals surface area contributed by atoms with Crippen LogP contribution in [0.2, 0.25) is 0 Å². The summed E-state index contributed by atoms with van der Waals surface area (Å²) >= 11 is 0. The molecule has 0 spiro atoms. The molecule has 16 heavy (non-hydrogen) atoms. The molecule has 0 heterocycles. The zero-order chi connectivity index (χ0) is 12.0.